The fraction of sp³-hybridized carbons (Fsp3) is 0.917. The van der Waals surface area contributed by atoms with Crippen molar-refractivity contribution in [3.05, 3.63) is 0 Å². The van der Waals surface area contributed by atoms with E-state index in [1.165, 1.54) is 0 Å². The first-order chi connectivity index (χ1) is 8.29. The Balaban J connectivity index is 1.72. The molecule has 1 aliphatic carbocycles. The number of rotatable bonds is 4. The van der Waals surface area contributed by atoms with Crippen LogP contribution >= 0.6 is 0 Å². The zero-order chi connectivity index (χ0) is 12.1. The second-order valence-corrected chi connectivity index (χ2v) is 5.05. The minimum absolute atomic E-state index is 0.133. The summed E-state index contributed by atoms with van der Waals surface area (Å²) in [7, 11) is 0. The number of carbonyl (C=O) groups is 1. The van der Waals surface area contributed by atoms with E-state index in [1.807, 2.05) is 4.90 Å². The summed E-state index contributed by atoms with van der Waals surface area (Å²) < 4.78 is 0. The van der Waals surface area contributed by atoms with Crippen LogP contribution in [0.2, 0.25) is 0 Å². The Bertz CT molecular complexity index is 255. The standard InChI is InChI=1S/C12H24N4O/c13-5-1-6-15-7-2-8-16(10-9-15)12(17)14-11-3-4-11/h11H,1-10,13H2,(H,14,17). The summed E-state index contributed by atoms with van der Waals surface area (Å²) in [5.74, 6) is 0. The number of nitrogens with one attached hydrogen (secondary N) is 1. The van der Waals surface area contributed by atoms with Crippen molar-refractivity contribution >= 4 is 6.03 Å². The monoisotopic (exact) mass is 240 g/mol. The third kappa shape index (κ3) is 4.16. The molecular formula is C12H24N4O. The molecule has 0 unspecified atom stereocenters. The van der Waals surface area contributed by atoms with Gasteiger partial charge in [-0.25, -0.2) is 4.79 Å². The summed E-state index contributed by atoms with van der Waals surface area (Å²) in [6, 6.07) is 0.590. The van der Waals surface area contributed by atoms with E-state index in [0.717, 1.165) is 65.0 Å². The first-order valence-electron chi connectivity index (χ1n) is 6.77. The second kappa shape index (κ2) is 6.21. The Morgan fingerprint density at radius 1 is 1.24 bits per heavy atom. The van der Waals surface area contributed by atoms with Crippen LogP contribution in [-0.4, -0.2) is 61.1 Å². The zero-order valence-corrected chi connectivity index (χ0v) is 10.5. The molecule has 1 aliphatic heterocycles. The maximum absolute atomic E-state index is 11.9. The predicted octanol–water partition coefficient (Wildman–Crippen LogP) is 0.215. The Morgan fingerprint density at radius 3 is 2.76 bits per heavy atom. The lowest BCUT2D eigenvalue weighted by molar-refractivity contribution is 0.197. The largest absolute Gasteiger partial charge is 0.335 e. The number of hydrogen-bond donors (Lipinski definition) is 2. The third-order valence-corrected chi connectivity index (χ3v) is 3.46. The highest BCUT2D eigenvalue weighted by atomic mass is 16.2. The maximum atomic E-state index is 11.9. The maximum Gasteiger partial charge on any atom is 0.317 e. The van der Waals surface area contributed by atoms with Gasteiger partial charge in [0.2, 0.25) is 0 Å². The summed E-state index contributed by atoms with van der Waals surface area (Å²) in [5.41, 5.74) is 5.52. The fourth-order valence-corrected chi connectivity index (χ4v) is 2.21. The van der Waals surface area contributed by atoms with Crippen LogP contribution in [-0.2, 0) is 0 Å². The Hall–Kier alpha value is -0.810. The van der Waals surface area contributed by atoms with E-state index in [-0.39, 0.29) is 6.03 Å². The van der Waals surface area contributed by atoms with Crippen molar-refractivity contribution in [2.75, 3.05) is 39.3 Å². The van der Waals surface area contributed by atoms with Crippen molar-refractivity contribution < 1.29 is 4.79 Å². The van der Waals surface area contributed by atoms with Gasteiger partial charge in [0.1, 0.15) is 0 Å². The molecule has 2 fully saturated rings. The average Bonchev–Trinajstić information content (AvgIpc) is 3.12. The number of hydrogen-bond acceptors (Lipinski definition) is 3. The third-order valence-electron chi connectivity index (χ3n) is 3.46. The van der Waals surface area contributed by atoms with Gasteiger partial charge in [-0.2, -0.15) is 0 Å². The first kappa shape index (κ1) is 12.6. The van der Waals surface area contributed by atoms with Crippen molar-refractivity contribution in [1.82, 2.24) is 15.1 Å². The molecule has 1 heterocycles. The molecule has 2 aliphatic rings. The molecular weight excluding hydrogens is 216 g/mol. The average molecular weight is 240 g/mol. The highest BCUT2D eigenvalue weighted by Crippen LogP contribution is 2.19. The predicted molar refractivity (Wildman–Crippen MR) is 67.9 cm³/mol. The van der Waals surface area contributed by atoms with E-state index < -0.39 is 0 Å². The lowest BCUT2D eigenvalue weighted by Crippen LogP contribution is -2.43. The SMILES string of the molecule is NCCCN1CCCN(C(=O)NC2CC2)CC1. The molecule has 98 valence electrons. The van der Waals surface area contributed by atoms with Crippen LogP contribution in [0, 0.1) is 0 Å². The molecule has 1 saturated carbocycles. The summed E-state index contributed by atoms with van der Waals surface area (Å²) in [4.78, 5) is 16.3. The molecule has 2 rings (SSSR count). The number of amides is 2. The topological polar surface area (TPSA) is 61.6 Å². The minimum atomic E-state index is 0.133. The molecule has 0 aromatic rings. The first-order valence-corrected chi connectivity index (χ1v) is 6.77. The van der Waals surface area contributed by atoms with E-state index in [2.05, 4.69) is 10.2 Å². The zero-order valence-electron chi connectivity index (χ0n) is 10.5. The Kier molecular flexibility index (Phi) is 4.62. The van der Waals surface area contributed by atoms with Crippen LogP contribution < -0.4 is 11.1 Å². The van der Waals surface area contributed by atoms with Crippen molar-refractivity contribution in [2.24, 2.45) is 5.73 Å². The molecule has 1 saturated heterocycles. The van der Waals surface area contributed by atoms with Gasteiger partial charge in [-0.15, -0.1) is 0 Å². The van der Waals surface area contributed by atoms with Gasteiger partial charge in [-0.05, 0) is 45.3 Å². The van der Waals surface area contributed by atoms with E-state index in [0.29, 0.717) is 6.04 Å². The van der Waals surface area contributed by atoms with Gasteiger partial charge in [0.15, 0.2) is 0 Å². The van der Waals surface area contributed by atoms with Crippen molar-refractivity contribution in [3.63, 3.8) is 0 Å². The van der Waals surface area contributed by atoms with Crippen LogP contribution in [0.1, 0.15) is 25.7 Å². The molecule has 5 nitrogen and oxygen atoms in total. The van der Waals surface area contributed by atoms with E-state index >= 15 is 0 Å². The van der Waals surface area contributed by atoms with Gasteiger partial charge >= 0.3 is 6.03 Å². The lowest BCUT2D eigenvalue weighted by atomic mass is 10.3. The molecule has 0 atom stereocenters. The van der Waals surface area contributed by atoms with Gasteiger partial charge < -0.3 is 20.9 Å². The van der Waals surface area contributed by atoms with Crippen molar-refractivity contribution in [2.45, 2.75) is 31.7 Å². The fourth-order valence-electron chi connectivity index (χ4n) is 2.21. The van der Waals surface area contributed by atoms with Crippen LogP contribution in [0.5, 0.6) is 0 Å². The highest BCUT2D eigenvalue weighted by molar-refractivity contribution is 5.74. The van der Waals surface area contributed by atoms with E-state index in [1.54, 1.807) is 0 Å². The quantitative estimate of drug-likeness (QED) is 0.739. The van der Waals surface area contributed by atoms with E-state index in [4.69, 9.17) is 5.73 Å². The minimum Gasteiger partial charge on any atom is -0.335 e. The van der Waals surface area contributed by atoms with Crippen LogP contribution in [0.3, 0.4) is 0 Å². The molecule has 0 spiro atoms. The number of carbonyl (C=O) groups excluding carboxylic acids is 1. The molecule has 0 aromatic heterocycles. The van der Waals surface area contributed by atoms with Crippen LogP contribution in [0.4, 0.5) is 4.79 Å². The molecule has 0 bridgehead atoms. The molecule has 5 heteroatoms. The summed E-state index contributed by atoms with van der Waals surface area (Å²) >= 11 is 0. The van der Waals surface area contributed by atoms with Gasteiger partial charge in [0.25, 0.3) is 0 Å². The van der Waals surface area contributed by atoms with Gasteiger partial charge in [0.05, 0.1) is 0 Å². The number of nitrogens with two attached hydrogens (primary N) is 1. The molecule has 17 heavy (non-hydrogen) atoms. The Labute approximate surface area is 103 Å². The van der Waals surface area contributed by atoms with Crippen molar-refractivity contribution in [1.29, 1.82) is 0 Å². The van der Waals surface area contributed by atoms with Crippen molar-refractivity contribution in [3.8, 4) is 0 Å². The summed E-state index contributed by atoms with van der Waals surface area (Å²) in [6.07, 6.45) is 4.43. The molecule has 3 N–H and O–H groups in total. The molecule has 2 amide bonds. The van der Waals surface area contributed by atoms with Gasteiger partial charge in [0, 0.05) is 25.7 Å². The number of urea groups is 1. The number of nitrogens with zero attached hydrogens (tertiary/aromatic N) is 2. The second-order valence-electron chi connectivity index (χ2n) is 5.05. The summed E-state index contributed by atoms with van der Waals surface area (Å²) in [5, 5.41) is 3.06. The highest BCUT2D eigenvalue weighted by Gasteiger charge is 2.26. The molecule has 0 aromatic carbocycles. The van der Waals surface area contributed by atoms with Gasteiger partial charge in [-0.3, -0.25) is 0 Å². The normalized spacial score (nSPS) is 22.3. The smallest absolute Gasteiger partial charge is 0.317 e. The lowest BCUT2D eigenvalue weighted by Gasteiger charge is -2.22. The van der Waals surface area contributed by atoms with E-state index in [9.17, 15) is 4.79 Å². The molecule has 0 radical (unpaired) electrons. The van der Waals surface area contributed by atoms with Gasteiger partial charge in [-0.1, -0.05) is 0 Å². The van der Waals surface area contributed by atoms with Crippen LogP contribution in [0.15, 0.2) is 0 Å². The summed E-state index contributed by atoms with van der Waals surface area (Å²) in [6.45, 7) is 5.63. The van der Waals surface area contributed by atoms with Crippen LogP contribution in [0.25, 0.3) is 0 Å². The Morgan fingerprint density at radius 2 is 2.06 bits per heavy atom.